The number of hydrogen-bond donors (Lipinski definition) is 3. The van der Waals surface area contributed by atoms with Gasteiger partial charge in [-0.15, -0.1) is 0 Å². The van der Waals surface area contributed by atoms with Crippen LogP contribution in [0.15, 0.2) is 18.2 Å². The second-order valence-corrected chi connectivity index (χ2v) is 12.9. The van der Waals surface area contributed by atoms with Crippen molar-refractivity contribution in [3.05, 3.63) is 51.6 Å². The van der Waals surface area contributed by atoms with Gasteiger partial charge in [0.15, 0.2) is 0 Å². The zero-order chi connectivity index (χ0) is 28.0. The van der Waals surface area contributed by atoms with E-state index in [2.05, 4.69) is 117 Å². The summed E-state index contributed by atoms with van der Waals surface area (Å²) in [7, 11) is 0. The number of halogens is 2. The average molecular weight is 712 g/mol. The van der Waals surface area contributed by atoms with Crippen molar-refractivity contribution in [1.29, 1.82) is 0 Å². The summed E-state index contributed by atoms with van der Waals surface area (Å²) in [5, 5.41) is 11.2. The van der Waals surface area contributed by atoms with Crippen molar-refractivity contribution in [2.24, 2.45) is 0 Å². The van der Waals surface area contributed by atoms with Crippen LogP contribution in [0.4, 0.5) is 11.4 Å². The van der Waals surface area contributed by atoms with Crippen molar-refractivity contribution in [2.75, 3.05) is 30.4 Å². The summed E-state index contributed by atoms with van der Waals surface area (Å²) in [4.78, 5) is 0. The molecule has 0 radical (unpaired) electrons. The molecule has 0 aliphatic rings. The second-order valence-electron chi connectivity index (χ2n) is 12.4. The standard InChI is InChI=1S/C33H54N3.2BrH.Co/c1-20(2)26-15-28(22(5)6)32(29(16-26)23(7)8)35-14-13-34-19-36-33-30(24(9)10)17-27(21(3)4)18-31(33)25(11)12;;;/h15-17,20-25,34-36H,13-14,19H2,1-12H3;2*1H;/q;;;+2/p-2. The second kappa shape index (κ2) is 17.4. The first-order chi connectivity index (χ1) is 17.3. The molecule has 2 aromatic rings. The minimum Gasteiger partial charge on any atom is -1.00 e. The van der Waals surface area contributed by atoms with E-state index in [0.29, 0.717) is 35.5 Å². The molecule has 0 fully saturated rings. The van der Waals surface area contributed by atoms with Gasteiger partial charge >= 0.3 is 184 Å². The van der Waals surface area contributed by atoms with Crippen LogP contribution in [0.25, 0.3) is 0 Å². The van der Waals surface area contributed by atoms with Gasteiger partial charge in [0.05, 0.1) is 0 Å². The van der Waals surface area contributed by atoms with E-state index in [1.54, 1.807) is 0 Å². The van der Waals surface area contributed by atoms with Gasteiger partial charge in [-0.05, 0) is 11.5 Å². The summed E-state index contributed by atoms with van der Waals surface area (Å²) in [5.41, 5.74) is 11.0. The summed E-state index contributed by atoms with van der Waals surface area (Å²) in [6.07, 6.45) is 0. The Morgan fingerprint density at radius 1 is 0.538 bits per heavy atom. The summed E-state index contributed by atoms with van der Waals surface area (Å²) in [6.45, 7) is 29.9. The Morgan fingerprint density at radius 2 is 1.00 bits per heavy atom. The van der Waals surface area contributed by atoms with Crippen molar-refractivity contribution in [3.63, 3.8) is 0 Å². The van der Waals surface area contributed by atoms with Gasteiger partial charge in [-0.1, -0.05) is 41.5 Å². The monoisotopic (exact) mass is 709 g/mol. The molecule has 3 nitrogen and oxygen atoms in total. The van der Waals surface area contributed by atoms with Crippen molar-refractivity contribution >= 4 is 15.9 Å². The Labute approximate surface area is 270 Å². The minimum absolute atomic E-state index is 0. The number of hydrogen-bond acceptors (Lipinski definition) is 3. The van der Waals surface area contributed by atoms with E-state index in [4.69, 9.17) is 15.7 Å². The first-order valence-electron chi connectivity index (χ1n) is 14.5. The van der Waals surface area contributed by atoms with Gasteiger partial charge in [-0.3, -0.25) is 0 Å². The molecule has 0 bridgehead atoms. The molecule has 0 saturated carbocycles. The van der Waals surface area contributed by atoms with Crippen LogP contribution in [-0.2, 0) is 15.7 Å². The molecule has 39 heavy (non-hydrogen) atoms. The van der Waals surface area contributed by atoms with Crippen LogP contribution in [0.5, 0.6) is 0 Å². The molecule has 0 amide bonds. The molecule has 0 unspecified atom stereocenters. The molecule has 3 N–H and O–H groups in total. The van der Waals surface area contributed by atoms with Crippen molar-refractivity contribution in [3.8, 4) is 0 Å². The normalized spacial score (nSPS) is 11.6. The third kappa shape index (κ3) is 10.1. The van der Waals surface area contributed by atoms with E-state index >= 15 is 0 Å². The van der Waals surface area contributed by atoms with Crippen molar-refractivity contribution < 1.29 is 49.7 Å². The maximum atomic E-state index is 5.06. The van der Waals surface area contributed by atoms with Gasteiger partial charge in [0.2, 0.25) is 0 Å². The number of nitrogens with one attached hydrogen (secondary N) is 3. The molecule has 0 atom stereocenters. The van der Waals surface area contributed by atoms with Crippen LogP contribution in [0, 0.1) is 0 Å². The van der Waals surface area contributed by atoms with Gasteiger partial charge in [0, 0.05) is 0 Å². The molecule has 0 saturated heterocycles. The van der Waals surface area contributed by atoms with Crippen molar-refractivity contribution in [2.45, 2.75) is 119 Å². The van der Waals surface area contributed by atoms with Crippen LogP contribution in [0.1, 0.15) is 152 Å². The molecule has 0 spiro atoms. The molecule has 0 aliphatic heterocycles. The molecule has 0 heterocycles. The fourth-order valence-electron chi connectivity index (χ4n) is 4.98. The van der Waals surface area contributed by atoms with Gasteiger partial charge in [-0.25, -0.2) is 0 Å². The average Bonchev–Trinajstić information content (AvgIpc) is 2.79. The zero-order valence-corrected chi connectivity index (χ0v) is 30.6. The summed E-state index contributed by atoms with van der Waals surface area (Å²) in [6, 6.07) is 7.19. The molecule has 2 rings (SSSR count). The van der Waals surface area contributed by atoms with Gasteiger partial charge in [0.25, 0.3) is 0 Å². The van der Waals surface area contributed by atoms with E-state index in [9.17, 15) is 0 Å². The molecule has 0 aliphatic carbocycles. The first-order valence-corrected chi connectivity index (χ1v) is 15.0. The summed E-state index contributed by atoms with van der Waals surface area (Å²) >= 11 is 5.06. The third-order valence-corrected chi connectivity index (χ3v) is 7.86. The van der Waals surface area contributed by atoms with E-state index in [0.717, 1.165) is 24.3 Å². The topological polar surface area (TPSA) is 36.1 Å². The molecule has 6 heteroatoms. The molecule has 224 valence electrons. The number of benzene rings is 2. The number of rotatable bonds is 13. The molecule has 2 aromatic carbocycles. The summed E-state index contributed by atoms with van der Waals surface area (Å²) in [5.74, 6) is 2.83. The van der Waals surface area contributed by atoms with E-state index in [1.807, 2.05) is 0 Å². The quantitative estimate of drug-likeness (QED) is 0.221. The van der Waals surface area contributed by atoms with Gasteiger partial charge in [0.1, 0.15) is 0 Å². The van der Waals surface area contributed by atoms with Crippen molar-refractivity contribution in [1.82, 2.24) is 5.32 Å². The predicted octanol–water partition coefficient (Wildman–Crippen LogP) is 2.68. The predicted molar refractivity (Wildman–Crippen MR) is 162 cm³/mol. The smallest absolute Gasteiger partial charge is 1.00 e. The van der Waals surface area contributed by atoms with E-state index in [1.165, 1.54) is 44.8 Å². The molecule has 0 aromatic heterocycles. The Hall–Kier alpha value is -0.534. The fraction of sp³-hybridized carbons (Fsp3) is 0.636. The first kappa shape index (κ1) is 38.5. The molecular formula is C33H54Br2CoN3. The SMILES string of the molecule is CC(C)c1cc(C(C)C)c(NCCNCNc2c(C(C)C)cc(C(C)C)[c]([Co+2])c2C(C)C)c(C(C)C)c1.[Br-].[Br-]. The van der Waals surface area contributed by atoms with Gasteiger partial charge < -0.3 is 34.0 Å². The van der Waals surface area contributed by atoms with E-state index in [-0.39, 0.29) is 34.0 Å². The summed E-state index contributed by atoms with van der Waals surface area (Å²) < 4.78 is 1.14. The number of anilines is 2. The fourth-order valence-corrected chi connectivity index (χ4v) is 5.79. The van der Waals surface area contributed by atoms with Crippen LogP contribution < -0.4 is 54.4 Å². The Morgan fingerprint density at radius 3 is 1.41 bits per heavy atom. The van der Waals surface area contributed by atoms with Crippen LogP contribution in [-0.4, -0.2) is 19.8 Å². The zero-order valence-electron chi connectivity index (χ0n) is 26.4. The van der Waals surface area contributed by atoms with Crippen LogP contribution >= 0.6 is 0 Å². The Kier molecular flexibility index (Phi) is 17.2. The Balaban J connectivity index is 0.00000722. The Bertz CT molecular complexity index is 1000. The van der Waals surface area contributed by atoms with Gasteiger partial charge in [-0.2, -0.15) is 0 Å². The van der Waals surface area contributed by atoms with E-state index < -0.39 is 0 Å². The third-order valence-electron chi connectivity index (χ3n) is 7.28. The van der Waals surface area contributed by atoms with Crippen LogP contribution in [0.3, 0.4) is 0 Å². The minimum atomic E-state index is 0. The molecular weight excluding hydrogens is 657 g/mol. The van der Waals surface area contributed by atoms with Crippen LogP contribution in [0.2, 0.25) is 0 Å². The maximum absolute atomic E-state index is 5.06.